The second kappa shape index (κ2) is 7.43. The molecule has 1 saturated carbocycles. The van der Waals surface area contributed by atoms with Gasteiger partial charge in [-0.3, -0.25) is 4.90 Å². The summed E-state index contributed by atoms with van der Waals surface area (Å²) in [5, 5.41) is 3.65. The van der Waals surface area contributed by atoms with Crippen LogP contribution in [0.5, 0.6) is 0 Å². The van der Waals surface area contributed by atoms with Gasteiger partial charge in [0.25, 0.3) is 0 Å². The van der Waals surface area contributed by atoms with E-state index in [1.165, 1.54) is 19.3 Å². The van der Waals surface area contributed by atoms with E-state index in [4.69, 9.17) is 9.47 Å². The molecule has 1 N–H and O–H groups in total. The van der Waals surface area contributed by atoms with Gasteiger partial charge in [0, 0.05) is 44.8 Å². The first-order valence-corrected chi connectivity index (χ1v) is 7.39. The lowest BCUT2D eigenvalue weighted by atomic mass is 9.98. The Labute approximate surface area is 111 Å². The van der Waals surface area contributed by atoms with Crippen molar-refractivity contribution in [3.63, 3.8) is 0 Å². The summed E-state index contributed by atoms with van der Waals surface area (Å²) in [6.07, 6.45) is 3.94. The first kappa shape index (κ1) is 14.3. The number of likely N-dealkylation sites (N-methyl/N-ethyl adjacent to an activating group) is 1. The fraction of sp³-hybridized carbons (Fsp3) is 1.00. The van der Waals surface area contributed by atoms with E-state index in [2.05, 4.69) is 17.1 Å². The molecular formula is C14H28N2O2. The van der Waals surface area contributed by atoms with E-state index >= 15 is 0 Å². The van der Waals surface area contributed by atoms with Crippen LogP contribution in [0.4, 0.5) is 0 Å². The van der Waals surface area contributed by atoms with Crippen molar-refractivity contribution in [3.05, 3.63) is 0 Å². The van der Waals surface area contributed by atoms with Crippen molar-refractivity contribution in [1.29, 1.82) is 0 Å². The predicted octanol–water partition coefficient (Wildman–Crippen LogP) is 1.11. The number of nitrogens with zero attached hydrogens (tertiary/aromatic N) is 1. The number of hydrogen-bond acceptors (Lipinski definition) is 4. The highest BCUT2D eigenvalue weighted by molar-refractivity contribution is 4.89. The second-order valence-electron chi connectivity index (χ2n) is 5.51. The van der Waals surface area contributed by atoms with Crippen molar-refractivity contribution in [3.8, 4) is 0 Å². The number of nitrogens with one attached hydrogen (secondary N) is 1. The highest BCUT2D eigenvalue weighted by Crippen LogP contribution is 2.28. The smallest absolute Gasteiger partial charge is 0.0589 e. The Kier molecular flexibility index (Phi) is 5.89. The fourth-order valence-electron chi connectivity index (χ4n) is 2.84. The Hall–Kier alpha value is -0.160. The minimum absolute atomic E-state index is 0.579. The molecular weight excluding hydrogens is 228 g/mol. The molecule has 0 aromatic heterocycles. The van der Waals surface area contributed by atoms with Crippen molar-refractivity contribution >= 4 is 0 Å². The van der Waals surface area contributed by atoms with Crippen LogP contribution in [-0.4, -0.2) is 63.5 Å². The zero-order valence-corrected chi connectivity index (χ0v) is 11.9. The summed E-state index contributed by atoms with van der Waals surface area (Å²) in [6.45, 7) is 8.17. The highest BCUT2D eigenvalue weighted by Gasteiger charge is 2.33. The largest absolute Gasteiger partial charge is 0.383 e. The lowest BCUT2D eigenvalue weighted by Crippen LogP contribution is -2.47. The molecule has 1 aliphatic carbocycles. The van der Waals surface area contributed by atoms with Gasteiger partial charge in [-0.25, -0.2) is 0 Å². The van der Waals surface area contributed by atoms with Gasteiger partial charge in [0.15, 0.2) is 0 Å². The van der Waals surface area contributed by atoms with Gasteiger partial charge in [0.1, 0.15) is 0 Å². The van der Waals surface area contributed by atoms with E-state index in [9.17, 15) is 0 Å². The third kappa shape index (κ3) is 4.19. The van der Waals surface area contributed by atoms with E-state index in [1.807, 2.05) is 0 Å². The van der Waals surface area contributed by atoms with Crippen LogP contribution in [0.25, 0.3) is 0 Å². The maximum Gasteiger partial charge on any atom is 0.0589 e. The Bertz CT molecular complexity index is 228. The van der Waals surface area contributed by atoms with E-state index in [1.54, 1.807) is 7.11 Å². The normalized spacial score (nSPS) is 25.8. The third-order valence-corrected chi connectivity index (χ3v) is 4.08. The maximum atomic E-state index is 5.54. The lowest BCUT2D eigenvalue weighted by molar-refractivity contribution is 0.122. The molecule has 1 saturated heterocycles. The van der Waals surface area contributed by atoms with Gasteiger partial charge in [0.05, 0.1) is 13.2 Å². The standard InChI is InChI=1S/C14H28N2O2/c1-3-15-14(12-6-8-18-11-12)10-16(7-9-17-2)13-4-5-13/h12-15H,3-11H2,1-2H3. The molecule has 0 bridgehead atoms. The molecule has 2 atom stereocenters. The van der Waals surface area contributed by atoms with Crippen LogP contribution in [0, 0.1) is 5.92 Å². The Morgan fingerprint density at radius 1 is 1.39 bits per heavy atom. The summed E-state index contributed by atoms with van der Waals surface area (Å²) in [6, 6.07) is 1.39. The second-order valence-corrected chi connectivity index (χ2v) is 5.51. The topological polar surface area (TPSA) is 33.7 Å². The average molecular weight is 256 g/mol. The molecule has 0 radical (unpaired) electrons. The predicted molar refractivity (Wildman–Crippen MR) is 72.9 cm³/mol. The minimum Gasteiger partial charge on any atom is -0.383 e. The molecule has 4 nitrogen and oxygen atoms in total. The van der Waals surface area contributed by atoms with Crippen molar-refractivity contribution in [1.82, 2.24) is 10.2 Å². The van der Waals surface area contributed by atoms with Crippen LogP contribution in [0.2, 0.25) is 0 Å². The van der Waals surface area contributed by atoms with E-state index in [0.29, 0.717) is 12.0 Å². The molecule has 18 heavy (non-hydrogen) atoms. The summed E-state index contributed by atoms with van der Waals surface area (Å²) >= 11 is 0. The molecule has 1 aliphatic heterocycles. The average Bonchev–Trinajstić information content (AvgIpc) is 3.08. The summed E-state index contributed by atoms with van der Waals surface area (Å²) in [5.74, 6) is 0.689. The quantitative estimate of drug-likeness (QED) is 0.670. The van der Waals surface area contributed by atoms with Crippen LogP contribution in [0.1, 0.15) is 26.2 Å². The van der Waals surface area contributed by atoms with Crippen LogP contribution >= 0.6 is 0 Å². The molecule has 0 spiro atoms. The van der Waals surface area contributed by atoms with Gasteiger partial charge in [-0.05, 0) is 25.8 Å². The SMILES string of the molecule is CCNC(CN(CCOC)C1CC1)C1CCOC1. The molecule has 2 aliphatic rings. The van der Waals surface area contributed by atoms with Crippen LogP contribution < -0.4 is 5.32 Å². The molecule has 0 amide bonds. The number of hydrogen-bond donors (Lipinski definition) is 1. The summed E-state index contributed by atoms with van der Waals surface area (Å²) in [4.78, 5) is 2.61. The van der Waals surface area contributed by atoms with Crippen LogP contribution in [0.3, 0.4) is 0 Å². The maximum absolute atomic E-state index is 5.54. The van der Waals surface area contributed by atoms with Crippen molar-refractivity contribution in [2.75, 3.05) is 46.6 Å². The first-order valence-electron chi connectivity index (χ1n) is 7.39. The molecule has 106 valence electrons. The van der Waals surface area contributed by atoms with E-state index < -0.39 is 0 Å². The summed E-state index contributed by atoms with van der Waals surface area (Å²) in [7, 11) is 1.79. The summed E-state index contributed by atoms with van der Waals surface area (Å²) < 4.78 is 10.8. The van der Waals surface area contributed by atoms with E-state index in [0.717, 1.165) is 45.5 Å². The molecule has 2 fully saturated rings. The van der Waals surface area contributed by atoms with Crippen molar-refractivity contribution in [2.45, 2.75) is 38.3 Å². The highest BCUT2D eigenvalue weighted by atomic mass is 16.5. The Morgan fingerprint density at radius 2 is 2.22 bits per heavy atom. The number of rotatable bonds is 9. The monoisotopic (exact) mass is 256 g/mol. The molecule has 0 aromatic carbocycles. The molecule has 4 heteroatoms. The molecule has 0 aromatic rings. The van der Waals surface area contributed by atoms with Gasteiger partial charge in [-0.2, -0.15) is 0 Å². The van der Waals surface area contributed by atoms with Crippen LogP contribution in [-0.2, 0) is 9.47 Å². The van der Waals surface area contributed by atoms with Gasteiger partial charge in [-0.15, -0.1) is 0 Å². The van der Waals surface area contributed by atoms with Crippen molar-refractivity contribution < 1.29 is 9.47 Å². The Morgan fingerprint density at radius 3 is 2.78 bits per heavy atom. The zero-order chi connectivity index (χ0) is 12.8. The van der Waals surface area contributed by atoms with E-state index in [-0.39, 0.29) is 0 Å². The third-order valence-electron chi connectivity index (χ3n) is 4.08. The fourth-order valence-corrected chi connectivity index (χ4v) is 2.84. The molecule has 2 rings (SSSR count). The Balaban J connectivity index is 1.83. The van der Waals surface area contributed by atoms with Gasteiger partial charge in [-0.1, -0.05) is 6.92 Å². The zero-order valence-electron chi connectivity index (χ0n) is 11.9. The van der Waals surface area contributed by atoms with Gasteiger partial charge >= 0.3 is 0 Å². The van der Waals surface area contributed by atoms with Crippen LogP contribution in [0.15, 0.2) is 0 Å². The first-order chi connectivity index (χ1) is 8.85. The van der Waals surface area contributed by atoms with Gasteiger partial charge in [0.2, 0.25) is 0 Å². The minimum atomic E-state index is 0.579. The van der Waals surface area contributed by atoms with Gasteiger partial charge < -0.3 is 14.8 Å². The number of methoxy groups -OCH3 is 1. The molecule has 1 heterocycles. The molecule has 2 unspecified atom stereocenters. The van der Waals surface area contributed by atoms with Crippen molar-refractivity contribution in [2.24, 2.45) is 5.92 Å². The number of ether oxygens (including phenoxy) is 2. The lowest BCUT2D eigenvalue weighted by Gasteiger charge is -2.30. The summed E-state index contributed by atoms with van der Waals surface area (Å²) in [5.41, 5.74) is 0.